The van der Waals surface area contributed by atoms with Crippen LogP contribution in [-0.4, -0.2) is 47.5 Å². The Kier molecular flexibility index (Phi) is 14.4. The molecule has 0 saturated heterocycles. The largest absolute Gasteiger partial charge is 0.444 e. The molecule has 2 unspecified atom stereocenters. The van der Waals surface area contributed by atoms with Crippen LogP contribution in [0.4, 0.5) is 4.79 Å². The Balaban J connectivity index is 3.47. The summed E-state index contributed by atoms with van der Waals surface area (Å²) in [7, 11) is 0. The van der Waals surface area contributed by atoms with Gasteiger partial charge < -0.3 is 20.3 Å². The van der Waals surface area contributed by atoms with Gasteiger partial charge in [-0.1, -0.05) is 89.1 Å². The molecule has 3 amide bonds. The van der Waals surface area contributed by atoms with E-state index in [9.17, 15) is 14.4 Å². The number of nitrogens with zero attached hydrogens (tertiary/aromatic N) is 1. The number of unbranched alkanes of at least 4 members (excludes halogenated alkanes) is 5. The zero-order chi connectivity index (χ0) is 28.9. The molecule has 0 heterocycles. The number of amides is 3. The van der Waals surface area contributed by atoms with Crippen molar-refractivity contribution in [2.75, 3.05) is 13.1 Å². The highest BCUT2D eigenvalue weighted by Crippen LogP contribution is 2.27. The monoisotopic (exact) mass is 531 g/mol. The Morgan fingerprint density at radius 1 is 0.895 bits per heavy atom. The van der Waals surface area contributed by atoms with Gasteiger partial charge in [0.15, 0.2) is 0 Å². The van der Waals surface area contributed by atoms with Gasteiger partial charge >= 0.3 is 6.09 Å². The molecule has 0 aromatic heterocycles. The summed E-state index contributed by atoms with van der Waals surface area (Å²) in [5, 5.41) is 5.89. The Hall–Kier alpha value is -2.57. The van der Waals surface area contributed by atoms with Gasteiger partial charge in [-0.2, -0.15) is 0 Å². The van der Waals surface area contributed by atoms with Crippen LogP contribution >= 0.6 is 0 Å². The van der Waals surface area contributed by atoms with Gasteiger partial charge in [-0.05, 0) is 58.9 Å². The standard InChI is InChI=1S/C31H53N3O4/c1-10-12-14-16-18-34(29(36)26(22(3)4)33-30(37)38-31(7,8)9)27(28(35)32-17-15-13-11-2)25-20-23(5)19-24(6)21-25/h19-22,26-27H,10-18H2,1-9H3,(H,32,35)(H,33,37). The maximum absolute atomic E-state index is 14.2. The number of carbonyl (C=O) groups excluding carboxylic acids is 3. The molecule has 2 atom stereocenters. The van der Waals surface area contributed by atoms with Crippen LogP contribution in [0.3, 0.4) is 0 Å². The predicted molar refractivity (Wildman–Crippen MR) is 155 cm³/mol. The van der Waals surface area contributed by atoms with E-state index in [1.54, 1.807) is 25.7 Å². The van der Waals surface area contributed by atoms with Crippen molar-refractivity contribution in [3.8, 4) is 0 Å². The molecule has 216 valence electrons. The second kappa shape index (κ2) is 16.4. The average Bonchev–Trinajstić information content (AvgIpc) is 2.79. The van der Waals surface area contributed by atoms with Gasteiger partial charge in [-0.3, -0.25) is 9.59 Å². The zero-order valence-corrected chi connectivity index (χ0v) is 25.4. The number of ether oxygens (including phenoxy) is 1. The SMILES string of the molecule is CCCCCCN(C(=O)C(NC(=O)OC(C)(C)C)C(C)C)C(C(=O)NCCCCC)c1cc(C)cc(C)c1. The highest BCUT2D eigenvalue weighted by Gasteiger charge is 2.37. The molecule has 0 bridgehead atoms. The third-order valence-electron chi connectivity index (χ3n) is 6.34. The first-order valence-corrected chi connectivity index (χ1v) is 14.5. The van der Waals surface area contributed by atoms with E-state index in [-0.39, 0.29) is 17.7 Å². The molecule has 0 spiro atoms. The van der Waals surface area contributed by atoms with E-state index >= 15 is 0 Å². The molecule has 2 N–H and O–H groups in total. The van der Waals surface area contributed by atoms with Gasteiger partial charge in [0.2, 0.25) is 11.8 Å². The molecular formula is C31H53N3O4. The number of nitrogens with one attached hydrogen (secondary N) is 2. The van der Waals surface area contributed by atoms with Crippen molar-refractivity contribution in [1.82, 2.24) is 15.5 Å². The van der Waals surface area contributed by atoms with Crippen LogP contribution < -0.4 is 10.6 Å². The van der Waals surface area contributed by atoms with Crippen LogP contribution in [0, 0.1) is 19.8 Å². The van der Waals surface area contributed by atoms with Crippen molar-refractivity contribution >= 4 is 17.9 Å². The fourth-order valence-corrected chi connectivity index (χ4v) is 4.53. The molecule has 1 aromatic rings. The number of rotatable bonds is 15. The Morgan fingerprint density at radius 2 is 1.47 bits per heavy atom. The third-order valence-corrected chi connectivity index (χ3v) is 6.34. The van der Waals surface area contributed by atoms with Crippen LogP contribution in [0.1, 0.15) is 116 Å². The van der Waals surface area contributed by atoms with Crippen molar-refractivity contribution in [3.63, 3.8) is 0 Å². The van der Waals surface area contributed by atoms with E-state index in [1.165, 1.54) is 0 Å². The van der Waals surface area contributed by atoms with Crippen molar-refractivity contribution in [2.24, 2.45) is 5.92 Å². The lowest BCUT2D eigenvalue weighted by Gasteiger charge is -2.36. The molecule has 1 aromatic carbocycles. The first-order chi connectivity index (χ1) is 17.8. The van der Waals surface area contributed by atoms with Gasteiger partial charge in [0.1, 0.15) is 17.7 Å². The summed E-state index contributed by atoms with van der Waals surface area (Å²) in [6, 6.07) is 4.43. The van der Waals surface area contributed by atoms with Crippen LogP contribution in [0.5, 0.6) is 0 Å². The number of benzene rings is 1. The lowest BCUT2D eigenvalue weighted by atomic mass is 9.96. The number of aryl methyl sites for hydroxylation is 2. The molecule has 0 aliphatic carbocycles. The van der Waals surface area contributed by atoms with Crippen molar-refractivity contribution in [1.29, 1.82) is 0 Å². The Bertz CT molecular complexity index is 871. The van der Waals surface area contributed by atoms with Crippen molar-refractivity contribution < 1.29 is 19.1 Å². The van der Waals surface area contributed by atoms with Gasteiger partial charge in [0, 0.05) is 13.1 Å². The molecule has 1 rings (SSSR count). The summed E-state index contributed by atoms with van der Waals surface area (Å²) >= 11 is 0. The van der Waals surface area contributed by atoms with E-state index in [1.807, 2.05) is 39.8 Å². The molecule has 0 aliphatic rings. The van der Waals surface area contributed by atoms with E-state index in [0.717, 1.165) is 61.6 Å². The number of carbonyl (C=O) groups is 3. The van der Waals surface area contributed by atoms with Crippen molar-refractivity contribution in [2.45, 2.75) is 125 Å². The van der Waals surface area contributed by atoms with Gasteiger partial charge in [0.05, 0.1) is 0 Å². The summed E-state index contributed by atoms with van der Waals surface area (Å²) in [5.41, 5.74) is 2.18. The van der Waals surface area contributed by atoms with Crippen LogP contribution in [-0.2, 0) is 14.3 Å². The minimum absolute atomic E-state index is 0.185. The highest BCUT2D eigenvalue weighted by atomic mass is 16.6. The first kappa shape index (κ1) is 33.5. The molecule has 7 nitrogen and oxygen atoms in total. The maximum atomic E-state index is 14.2. The highest BCUT2D eigenvalue weighted by molar-refractivity contribution is 5.92. The van der Waals surface area contributed by atoms with E-state index in [0.29, 0.717) is 13.1 Å². The summed E-state index contributed by atoms with van der Waals surface area (Å²) in [6.45, 7) is 18.4. The van der Waals surface area contributed by atoms with E-state index < -0.39 is 23.8 Å². The van der Waals surface area contributed by atoms with Gasteiger partial charge in [0.25, 0.3) is 0 Å². The van der Waals surface area contributed by atoms with Crippen LogP contribution in [0.2, 0.25) is 0 Å². The Labute approximate surface area is 231 Å². The Morgan fingerprint density at radius 3 is 2.00 bits per heavy atom. The minimum Gasteiger partial charge on any atom is -0.444 e. The molecular weight excluding hydrogens is 478 g/mol. The molecule has 0 radical (unpaired) electrons. The van der Waals surface area contributed by atoms with Gasteiger partial charge in [-0.25, -0.2) is 4.79 Å². The van der Waals surface area contributed by atoms with Gasteiger partial charge in [-0.15, -0.1) is 0 Å². The van der Waals surface area contributed by atoms with Crippen LogP contribution in [0.15, 0.2) is 18.2 Å². The first-order valence-electron chi connectivity index (χ1n) is 14.5. The summed E-state index contributed by atoms with van der Waals surface area (Å²) in [6.07, 6.45) is 6.22. The second-order valence-electron chi connectivity index (χ2n) is 11.8. The normalized spacial score (nSPS) is 13.1. The molecule has 0 saturated carbocycles. The molecule has 7 heteroatoms. The summed E-state index contributed by atoms with van der Waals surface area (Å²) in [4.78, 5) is 42.3. The van der Waals surface area contributed by atoms with Crippen LogP contribution in [0.25, 0.3) is 0 Å². The fourth-order valence-electron chi connectivity index (χ4n) is 4.53. The lowest BCUT2D eigenvalue weighted by Crippen LogP contribution is -2.55. The zero-order valence-electron chi connectivity index (χ0n) is 25.4. The molecule has 38 heavy (non-hydrogen) atoms. The summed E-state index contributed by atoms with van der Waals surface area (Å²) in [5.74, 6) is -0.648. The molecule has 0 aliphatic heterocycles. The third kappa shape index (κ3) is 11.9. The second-order valence-corrected chi connectivity index (χ2v) is 11.8. The number of alkyl carbamates (subject to hydrolysis) is 1. The molecule has 0 fully saturated rings. The minimum atomic E-state index is -0.822. The number of hydrogen-bond acceptors (Lipinski definition) is 4. The van der Waals surface area contributed by atoms with Crippen molar-refractivity contribution in [3.05, 3.63) is 34.9 Å². The predicted octanol–water partition coefficient (Wildman–Crippen LogP) is 6.61. The fraction of sp³-hybridized carbons (Fsp3) is 0.710. The van der Waals surface area contributed by atoms with E-state index in [2.05, 4.69) is 30.5 Å². The summed E-state index contributed by atoms with van der Waals surface area (Å²) < 4.78 is 5.46. The van der Waals surface area contributed by atoms with E-state index in [4.69, 9.17) is 4.74 Å². The lowest BCUT2D eigenvalue weighted by molar-refractivity contribution is -0.143. The topological polar surface area (TPSA) is 87.7 Å². The smallest absolute Gasteiger partial charge is 0.408 e. The maximum Gasteiger partial charge on any atom is 0.408 e. The average molecular weight is 532 g/mol. The number of hydrogen-bond donors (Lipinski definition) is 2. The quantitative estimate of drug-likeness (QED) is 0.249.